The molecule has 5 nitrogen and oxygen atoms in total. The molecule has 31 heavy (non-hydrogen) atoms. The maximum absolute atomic E-state index is 12.3. The van der Waals surface area contributed by atoms with E-state index >= 15 is 0 Å². The number of amides is 1. The number of oxazole rings is 1. The average Bonchev–Trinajstić information content (AvgIpc) is 3.16. The molecule has 0 saturated carbocycles. The zero-order chi connectivity index (χ0) is 21.8. The molecule has 3 aromatic carbocycles. The second-order valence-corrected chi connectivity index (χ2v) is 7.82. The van der Waals surface area contributed by atoms with Crippen LogP contribution in [0.2, 0.25) is 0 Å². The largest absolute Gasteiger partial charge is 0.440 e. The predicted molar refractivity (Wildman–Crippen MR) is 128 cm³/mol. The smallest absolute Gasteiger partial charge is 0.257 e. The minimum absolute atomic E-state index is 0.240. The zero-order valence-electron chi connectivity index (χ0n) is 17.4. The van der Waals surface area contributed by atoms with Crippen LogP contribution >= 0.6 is 12.2 Å². The predicted octanol–water partition coefficient (Wildman–Crippen LogP) is 5.42. The Hall–Kier alpha value is -3.51. The molecule has 1 aromatic heterocycles. The number of thiocarbonyl (C=S) groups is 1. The van der Waals surface area contributed by atoms with Crippen molar-refractivity contribution in [2.45, 2.75) is 26.7 Å². The first-order valence-electron chi connectivity index (χ1n) is 10.2. The number of hydrogen-bond donors (Lipinski definition) is 2. The van der Waals surface area contributed by atoms with Crippen molar-refractivity contribution >= 4 is 40.0 Å². The van der Waals surface area contributed by atoms with Crippen molar-refractivity contribution in [2.75, 3.05) is 5.32 Å². The molecule has 0 fully saturated rings. The molecule has 0 radical (unpaired) electrons. The third-order valence-electron chi connectivity index (χ3n) is 5.01. The van der Waals surface area contributed by atoms with Gasteiger partial charge in [-0.2, -0.15) is 0 Å². The van der Waals surface area contributed by atoms with Crippen LogP contribution in [0.4, 0.5) is 5.69 Å². The van der Waals surface area contributed by atoms with Gasteiger partial charge in [0.05, 0.1) is 0 Å². The molecule has 2 N–H and O–H groups in total. The molecular weight excluding hydrogens is 406 g/mol. The van der Waals surface area contributed by atoms with Crippen LogP contribution in [0.15, 0.2) is 71.1 Å². The van der Waals surface area contributed by atoms with E-state index in [2.05, 4.69) is 34.7 Å². The zero-order valence-corrected chi connectivity index (χ0v) is 18.3. The summed E-state index contributed by atoms with van der Waals surface area (Å²) in [6, 6.07) is 21.2. The highest BCUT2D eigenvalue weighted by atomic mass is 32.1. The van der Waals surface area contributed by atoms with E-state index in [4.69, 9.17) is 16.6 Å². The van der Waals surface area contributed by atoms with Gasteiger partial charge in [0.15, 0.2) is 16.6 Å². The first-order valence-corrected chi connectivity index (χ1v) is 10.6. The number of nitrogens with one attached hydrogen (secondary N) is 2. The van der Waals surface area contributed by atoms with Gasteiger partial charge in [0.1, 0.15) is 5.52 Å². The quantitative estimate of drug-likeness (QED) is 0.415. The number of hydrogen-bond acceptors (Lipinski definition) is 4. The molecule has 0 bridgehead atoms. The summed E-state index contributed by atoms with van der Waals surface area (Å²) in [6.45, 7) is 4.10. The van der Waals surface area contributed by atoms with E-state index in [0.29, 0.717) is 17.9 Å². The molecule has 0 spiro atoms. The number of fused-ring (bicyclic) bond motifs is 1. The maximum atomic E-state index is 12.3. The van der Waals surface area contributed by atoms with Gasteiger partial charge in [0, 0.05) is 17.7 Å². The maximum Gasteiger partial charge on any atom is 0.257 e. The van der Waals surface area contributed by atoms with Crippen molar-refractivity contribution in [3.05, 3.63) is 94.9 Å². The lowest BCUT2D eigenvalue weighted by Crippen LogP contribution is -2.34. The third-order valence-corrected chi connectivity index (χ3v) is 5.22. The minimum Gasteiger partial charge on any atom is -0.440 e. The van der Waals surface area contributed by atoms with Crippen LogP contribution in [-0.4, -0.2) is 16.0 Å². The van der Waals surface area contributed by atoms with Gasteiger partial charge >= 0.3 is 0 Å². The van der Waals surface area contributed by atoms with Gasteiger partial charge in [-0.05, 0) is 73.1 Å². The summed E-state index contributed by atoms with van der Waals surface area (Å²) < 4.78 is 5.86. The topological polar surface area (TPSA) is 67.2 Å². The molecule has 1 heterocycles. The molecule has 0 aliphatic heterocycles. The van der Waals surface area contributed by atoms with E-state index in [1.807, 2.05) is 49.4 Å². The fourth-order valence-corrected chi connectivity index (χ4v) is 3.45. The van der Waals surface area contributed by atoms with Crippen LogP contribution in [0.25, 0.3) is 11.1 Å². The van der Waals surface area contributed by atoms with Crippen LogP contribution in [0.3, 0.4) is 0 Å². The number of carbonyl (C=O) groups is 1. The molecule has 0 atom stereocenters. The second kappa shape index (κ2) is 9.10. The van der Waals surface area contributed by atoms with Crippen molar-refractivity contribution in [2.24, 2.45) is 0 Å². The SMILES string of the molecule is CCc1ccc2oc(Cc3ccc(NC(=S)NC(=O)c4ccc(C)cc4)cc3)nc2c1. The van der Waals surface area contributed by atoms with Crippen LogP contribution < -0.4 is 10.6 Å². The minimum atomic E-state index is -0.240. The standard InChI is InChI=1S/C25H23N3O2S/c1-3-17-8-13-22-21(14-17)27-23(30-22)15-18-6-11-20(12-7-18)26-25(31)28-24(29)19-9-4-16(2)5-10-19/h4-14H,3,15H2,1-2H3,(H2,26,28,29,31). The molecule has 0 aliphatic rings. The first kappa shape index (κ1) is 20.8. The Bertz CT molecular complexity index is 1230. The van der Waals surface area contributed by atoms with Crippen LogP contribution in [0, 0.1) is 6.92 Å². The fraction of sp³-hybridized carbons (Fsp3) is 0.160. The highest BCUT2D eigenvalue weighted by Gasteiger charge is 2.09. The van der Waals surface area contributed by atoms with E-state index < -0.39 is 0 Å². The Morgan fingerprint density at radius 1 is 1.00 bits per heavy atom. The molecule has 156 valence electrons. The highest BCUT2D eigenvalue weighted by molar-refractivity contribution is 7.80. The number of benzene rings is 3. The van der Waals surface area contributed by atoms with Crippen LogP contribution in [0.1, 0.15) is 39.9 Å². The molecular formula is C25H23N3O2S. The van der Waals surface area contributed by atoms with Crippen molar-refractivity contribution in [3.63, 3.8) is 0 Å². The summed E-state index contributed by atoms with van der Waals surface area (Å²) in [7, 11) is 0. The summed E-state index contributed by atoms with van der Waals surface area (Å²) in [5.41, 5.74) is 6.47. The first-order chi connectivity index (χ1) is 15.0. The number of rotatable bonds is 5. The Morgan fingerprint density at radius 3 is 2.42 bits per heavy atom. The number of nitrogens with zero attached hydrogens (tertiary/aromatic N) is 1. The molecule has 4 aromatic rings. The van der Waals surface area contributed by atoms with Gasteiger partial charge in [-0.15, -0.1) is 0 Å². The number of aromatic nitrogens is 1. The fourth-order valence-electron chi connectivity index (χ4n) is 3.24. The molecule has 4 rings (SSSR count). The third kappa shape index (κ3) is 5.16. The van der Waals surface area contributed by atoms with Gasteiger partial charge in [-0.25, -0.2) is 4.98 Å². The molecule has 6 heteroatoms. The van der Waals surface area contributed by atoms with E-state index in [1.54, 1.807) is 12.1 Å². The lowest BCUT2D eigenvalue weighted by atomic mass is 10.1. The van der Waals surface area contributed by atoms with E-state index in [1.165, 1.54) is 5.56 Å². The van der Waals surface area contributed by atoms with Gasteiger partial charge in [0.2, 0.25) is 0 Å². The molecule has 0 aliphatic carbocycles. The van der Waals surface area contributed by atoms with Gasteiger partial charge in [-0.3, -0.25) is 10.1 Å². The molecule has 0 saturated heterocycles. The summed E-state index contributed by atoms with van der Waals surface area (Å²) in [4.78, 5) is 16.9. The lowest BCUT2D eigenvalue weighted by Gasteiger charge is -2.10. The van der Waals surface area contributed by atoms with Crippen molar-refractivity contribution < 1.29 is 9.21 Å². The monoisotopic (exact) mass is 429 g/mol. The highest BCUT2D eigenvalue weighted by Crippen LogP contribution is 2.20. The van der Waals surface area contributed by atoms with E-state index in [0.717, 1.165) is 34.3 Å². The summed E-state index contributed by atoms with van der Waals surface area (Å²) in [5.74, 6) is 0.446. The van der Waals surface area contributed by atoms with E-state index in [9.17, 15) is 4.79 Å². The Labute approximate surface area is 186 Å². The van der Waals surface area contributed by atoms with Gasteiger partial charge in [0.25, 0.3) is 5.91 Å². The average molecular weight is 430 g/mol. The Kier molecular flexibility index (Phi) is 6.09. The van der Waals surface area contributed by atoms with Gasteiger partial charge < -0.3 is 9.73 Å². The number of aryl methyl sites for hydroxylation is 2. The van der Waals surface area contributed by atoms with Crippen molar-refractivity contribution in [1.29, 1.82) is 0 Å². The summed E-state index contributed by atoms with van der Waals surface area (Å²) in [5, 5.41) is 5.99. The summed E-state index contributed by atoms with van der Waals surface area (Å²) >= 11 is 5.27. The van der Waals surface area contributed by atoms with Crippen molar-refractivity contribution in [1.82, 2.24) is 10.3 Å². The normalized spacial score (nSPS) is 10.8. The van der Waals surface area contributed by atoms with E-state index in [-0.39, 0.29) is 11.0 Å². The van der Waals surface area contributed by atoms with Gasteiger partial charge in [-0.1, -0.05) is 42.8 Å². The van der Waals surface area contributed by atoms with Crippen LogP contribution in [-0.2, 0) is 12.8 Å². The number of anilines is 1. The molecule has 0 unspecified atom stereocenters. The number of carbonyl (C=O) groups excluding carboxylic acids is 1. The molecule has 1 amide bonds. The Balaban J connectivity index is 1.36. The van der Waals surface area contributed by atoms with Crippen LogP contribution in [0.5, 0.6) is 0 Å². The lowest BCUT2D eigenvalue weighted by molar-refractivity contribution is 0.0977. The summed E-state index contributed by atoms with van der Waals surface area (Å²) in [6.07, 6.45) is 1.57. The van der Waals surface area contributed by atoms with Crippen molar-refractivity contribution in [3.8, 4) is 0 Å². The Morgan fingerprint density at radius 2 is 1.71 bits per heavy atom. The second-order valence-electron chi connectivity index (χ2n) is 7.41.